The normalized spacial score (nSPS) is 14.8. The zero-order valence-corrected chi connectivity index (χ0v) is 25.9. The minimum absolute atomic E-state index is 0. The first-order valence-corrected chi connectivity index (χ1v) is 15.1. The van der Waals surface area contributed by atoms with Gasteiger partial charge in [-0.2, -0.15) is 0 Å². The van der Waals surface area contributed by atoms with E-state index in [0.717, 1.165) is 22.0 Å². The number of rotatable bonds is 6. The van der Waals surface area contributed by atoms with Crippen molar-refractivity contribution in [1.29, 1.82) is 0 Å². The Morgan fingerprint density at radius 2 is 1.75 bits per heavy atom. The number of hydrogen-bond acceptors (Lipinski definition) is 7. The van der Waals surface area contributed by atoms with Gasteiger partial charge in [-0.1, -0.05) is 89.6 Å². The number of esters is 2. The van der Waals surface area contributed by atoms with Gasteiger partial charge < -0.3 is 19.4 Å². The van der Waals surface area contributed by atoms with Gasteiger partial charge in [0.15, 0.2) is 0 Å². The van der Waals surface area contributed by atoms with Crippen molar-refractivity contribution in [2.24, 2.45) is 5.92 Å². The molecule has 2 aliphatic heterocycles. The zero-order valence-electron chi connectivity index (χ0n) is 25.9. The number of carbonyl (C=O) groups is 3. The van der Waals surface area contributed by atoms with Gasteiger partial charge in [-0.25, -0.2) is 9.78 Å². The van der Waals surface area contributed by atoms with Crippen LogP contribution in [0.4, 0.5) is 0 Å². The van der Waals surface area contributed by atoms with Crippen molar-refractivity contribution in [3.05, 3.63) is 99.3 Å². The number of ether oxygens (including phenoxy) is 2. The molecule has 9 heteroatoms. The van der Waals surface area contributed by atoms with E-state index in [1.165, 1.54) is 6.42 Å². The molecule has 1 amide bonds. The van der Waals surface area contributed by atoms with Crippen molar-refractivity contribution in [2.75, 3.05) is 6.54 Å². The van der Waals surface area contributed by atoms with Crippen molar-refractivity contribution in [3.8, 4) is 11.4 Å². The fourth-order valence-electron chi connectivity index (χ4n) is 5.14. The SMILES string of the molecule is CC.CC(Cc1ccccc1)C(=O)NCC(=O)O[C@@H]1C(=O)OCc2c1cc1n(c2=O)Cc2cc3ccccc3nc2-1.CCC.[HH]. The first kappa shape index (κ1) is 32.1. The summed E-state index contributed by atoms with van der Waals surface area (Å²) in [5, 5.41) is 3.54. The van der Waals surface area contributed by atoms with Gasteiger partial charge in [0, 0.05) is 23.9 Å². The smallest absolute Gasteiger partial charge is 0.352 e. The van der Waals surface area contributed by atoms with Crippen LogP contribution in [0.1, 0.15) is 70.8 Å². The molecule has 6 rings (SSSR count). The van der Waals surface area contributed by atoms with Gasteiger partial charge in [-0.15, -0.1) is 0 Å². The van der Waals surface area contributed by atoms with Crippen LogP contribution in [0.25, 0.3) is 22.3 Å². The molecule has 44 heavy (non-hydrogen) atoms. The standard InChI is InChI=1S/C30H25N3O6.C3H8.C2H6.H2/c1-17(11-18-7-3-2-4-8-18)28(35)31-14-25(34)39-27-21-13-24-26-20(12-19-9-5-6-10-23(19)32-26)15-33(24)29(36)22(21)16-38-30(27)37;1-3-2;1-2;/h2-10,12-13,17,27H,11,14-16H2,1H3,(H,31,35);3H2,1-2H3;1-2H3;1H/t17?,27-;;;/m0.../s1. The highest BCUT2D eigenvalue weighted by Crippen LogP contribution is 2.36. The van der Waals surface area contributed by atoms with Crippen LogP contribution in [0, 0.1) is 5.92 Å². The van der Waals surface area contributed by atoms with E-state index in [1.54, 1.807) is 17.6 Å². The maximum Gasteiger partial charge on any atom is 0.352 e. The maximum atomic E-state index is 13.4. The molecule has 2 aliphatic rings. The summed E-state index contributed by atoms with van der Waals surface area (Å²) in [5.41, 5.74) is 4.11. The molecular formula is C35H41N3O6. The summed E-state index contributed by atoms with van der Waals surface area (Å²) in [7, 11) is 0. The van der Waals surface area contributed by atoms with E-state index in [4.69, 9.17) is 14.5 Å². The van der Waals surface area contributed by atoms with E-state index in [0.29, 0.717) is 24.4 Å². The Labute approximate surface area is 258 Å². The summed E-state index contributed by atoms with van der Waals surface area (Å²) in [6, 6.07) is 20.9. The van der Waals surface area contributed by atoms with Crippen LogP contribution >= 0.6 is 0 Å². The van der Waals surface area contributed by atoms with E-state index >= 15 is 0 Å². The monoisotopic (exact) mass is 599 g/mol. The number of pyridine rings is 2. The molecule has 2 atom stereocenters. The second kappa shape index (κ2) is 14.6. The Morgan fingerprint density at radius 3 is 2.48 bits per heavy atom. The Hall–Kier alpha value is -4.79. The molecule has 0 saturated carbocycles. The zero-order chi connectivity index (χ0) is 31.8. The quantitative estimate of drug-likeness (QED) is 0.247. The third-order valence-corrected chi connectivity index (χ3v) is 7.15. The molecule has 9 nitrogen and oxygen atoms in total. The molecule has 0 spiro atoms. The van der Waals surface area contributed by atoms with Crippen LogP contribution < -0.4 is 10.9 Å². The molecule has 0 radical (unpaired) electrons. The van der Waals surface area contributed by atoms with Gasteiger partial charge >= 0.3 is 11.9 Å². The Balaban J connectivity index is 0.000000870. The van der Waals surface area contributed by atoms with E-state index in [-0.39, 0.29) is 36.5 Å². The lowest BCUT2D eigenvalue weighted by atomic mass is 10.00. The summed E-state index contributed by atoms with van der Waals surface area (Å²) in [6.45, 7) is 9.74. The largest absolute Gasteiger partial charge is 0.458 e. The van der Waals surface area contributed by atoms with Crippen LogP contribution in [0.2, 0.25) is 0 Å². The fourth-order valence-corrected chi connectivity index (χ4v) is 5.14. The number of nitrogens with zero attached hydrogens (tertiary/aromatic N) is 2. The van der Waals surface area contributed by atoms with Crippen molar-refractivity contribution in [2.45, 2.75) is 66.7 Å². The first-order valence-electron chi connectivity index (χ1n) is 15.1. The van der Waals surface area contributed by atoms with Gasteiger partial charge in [-0.05, 0) is 30.2 Å². The number of hydrogen-bond donors (Lipinski definition) is 1. The van der Waals surface area contributed by atoms with E-state index in [9.17, 15) is 19.2 Å². The van der Waals surface area contributed by atoms with Gasteiger partial charge in [-0.3, -0.25) is 14.4 Å². The Bertz CT molecular complexity index is 1720. The molecule has 0 fully saturated rings. The van der Waals surface area contributed by atoms with Crippen molar-refractivity contribution >= 4 is 28.7 Å². The lowest BCUT2D eigenvalue weighted by Gasteiger charge is -2.25. The molecule has 1 unspecified atom stereocenters. The number of carbonyl (C=O) groups excluding carboxylic acids is 3. The first-order chi connectivity index (χ1) is 21.3. The van der Waals surface area contributed by atoms with Gasteiger partial charge in [0.05, 0.1) is 29.0 Å². The third kappa shape index (κ3) is 6.88. The molecule has 1 N–H and O–H groups in total. The third-order valence-electron chi connectivity index (χ3n) is 7.15. The molecule has 232 valence electrons. The molecule has 2 aromatic carbocycles. The van der Waals surface area contributed by atoms with Crippen LogP contribution in [0.3, 0.4) is 0 Å². The van der Waals surface area contributed by atoms with E-state index in [1.807, 2.05) is 74.5 Å². The van der Waals surface area contributed by atoms with E-state index in [2.05, 4.69) is 19.2 Å². The minimum atomic E-state index is -1.41. The second-order valence-electron chi connectivity index (χ2n) is 10.5. The highest BCUT2D eigenvalue weighted by atomic mass is 16.6. The second-order valence-corrected chi connectivity index (χ2v) is 10.5. The van der Waals surface area contributed by atoms with Crippen LogP contribution in [-0.4, -0.2) is 33.9 Å². The summed E-state index contributed by atoms with van der Waals surface area (Å²) < 4.78 is 12.3. The van der Waals surface area contributed by atoms with Gasteiger partial charge in [0.25, 0.3) is 5.56 Å². The maximum absolute atomic E-state index is 13.4. The lowest BCUT2D eigenvalue weighted by Crippen LogP contribution is -2.38. The molecule has 4 heterocycles. The average Bonchev–Trinajstić information content (AvgIpc) is 3.39. The highest BCUT2D eigenvalue weighted by molar-refractivity contribution is 5.87. The number of fused-ring (bicyclic) bond motifs is 5. The average molecular weight is 600 g/mol. The Kier molecular flexibility index (Phi) is 10.7. The Morgan fingerprint density at radius 1 is 1.07 bits per heavy atom. The summed E-state index contributed by atoms with van der Waals surface area (Å²) in [6.07, 6.45) is 0.354. The molecule has 0 aliphatic carbocycles. The number of cyclic esters (lactones) is 1. The number of amides is 1. The van der Waals surface area contributed by atoms with Crippen LogP contribution in [0.15, 0.2) is 71.5 Å². The van der Waals surface area contributed by atoms with Crippen molar-refractivity contribution in [1.82, 2.24) is 14.9 Å². The van der Waals surface area contributed by atoms with Gasteiger partial charge in [0.2, 0.25) is 12.0 Å². The summed E-state index contributed by atoms with van der Waals surface area (Å²) >= 11 is 0. The van der Waals surface area contributed by atoms with Gasteiger partial charge in [0.1, 0.15) is 13.2 Å². The van der Waals surface area contributed by atoms with Crippen molar-refractivity contribution < 1.29 is 25.3 Å². The predicted molar refractivity (Wildman–Crippen MR) is 171 cm³/mol. The predicted octanol–water partition coefficient (Wildman–Crippen LogP) is 5.75. The summed E-state index contributed by atoms with van der Waals surface area (Å²) in [4.78, 5) is 56.0. The minimum Gasteiger partial charge on any atom is -0.458 e. The van der Waals surface area contributed by atoms with E-state index < -0.39 is 24.6 Å². The molecule has 2 aromatic heterocycles. The fraction of sp³-hybridized carbons (Fsp3) is 0.343. The lowest BCUT2D eigenvalue weighted by molar-refractivity contribution is -0.171. The molecule has 4 aromatic rings. The summed E-state index contributed by atoms with van der Waals surface area (Å²) in [5.74, 6) is -2.26. The number of para-hydroxylation sites is 1. The topological polar surface area (TPSA) is 117 Å². The van der Waals surface area contributed by atoms with Crippen LogP contribution in [0.5, 0.6) is 0 Å². The number of benzene rings is 2. The molecule has 0 saturated heterocycles. The molecular weight excluding hydrogens is 558 g/mol. The number of nitrogens with one attached hydrogen (secondary N) is 1. The van der Waals surface area contributed by atoms with Crippen LogP contribution in [-0.2, 0) is 43.4 Å². The highest BCUT2D eigenvalue weighted by Gasteiger charge is 2.37. The molecule has 0 bridgehead atoms. The number of aromatic nitrogens is 2. The van der Waals surface area contributed by atoms with Crippen molar-refractivity contribution in [3.63, 3.8) is 0 Å².